The Balaban J connectivity index is 1.92. The molecule has 0 atom stereocenters. The Kier molecular flexibility index (Phi) is 2.28. The molecule has 5 heteroatoms. The molecule has 0 saturated carbocycles. The highest BCUT2D eigenvalue weighted by Gasteiger charge is 2.27. The molecule has 1 aliphatic heterocycles. The molecule has 0 fully saturated rings. The van der Waals surface area contributed by atoms with Crippen molar-refractivity contribution in [1.29, 1.82) is 0 Å². The molecule has 0 unspecified atom stereocenters. The fourth-order valence-electron chi connectivity index (χ4n) is 3.94. The molecule has 122 valence electrons. The Morgan fingerprint density at radius 3 is 2.28 bits per heavy atom. The summed E-state index contributed by atoms with van der Waals surface area (Å²) in [6.45, 7) is 0.236. The second kappa shape index (κ2) is 4.39. The molecule has 0 saturated heterocycles. The molecule has 0 amide bonds. The maximum atomic E-state index is 5.88. The quantitative estimate of drug-likeness (QED) is 0.469. The zero-order valence-electron chi connectivity index (χ0n) is 13.5. The smallest absolute Gasteiger partial charge is 0.231 e. The van der Waals surface area contributed by atoms with Crippen LogP contribution in [0.25, 0.3) is 43.6 Å². The molecule has 0 radical (unpaired) electrons. The van der Waals surface area contributed by atoms with Crippen molar-refractivity contribution in [3.63, 3.8) is 0 Å². The molecule has 5 nitrogen and oxygen atoms in total. The highest BCUT2D eigenvalue weighted by Crippen LogP contribution is 2.50. The molecule has 0 spiro atoms. The summed E-state index contributed by atoms with van der Waals surface area (Å²) in [6.07, 6.45) is 0. The summed E-state index contributed by atoms with van der Waals surface area (Å²) in [7, 11) is 1.68. The molecule has 6 rings (SSSR count). The van der Waals surface area contributed by atoms with Gasteiger partial charge in [0.1, 0.15) is 5.75 Å². The van der Waals surface area contributed by atoms with Gasteiger partial charge in [-0.15, -0.1) is 0 Å². The predicted molar refractivity (Wildman–Crippen MR) is 97.8 cm³/mol. The summed E-state index contributed by atoms with van der Waals surface area (Å²) in [5, 5.41) is 4.30. The Morgan fingerprint density at radius 2 is 1.52 bits per heavy atom. The first-order valence-corrected chi connectivity index (χ1v) is 8.16. The normalized spacial score (nSPS) is 13.5. The van der Waals surface area contributed by atoms with E-state index in [-0.39, 0.29) is 6.79 Å². The average Bonchev–Trinajstić information content (AvgIpc) is 3.34. The van der Waals surface area contributed by atoms with Crippen LogP contribution in [-0.4, -0.2) is 23.9 Å². The monoisotopic (exact) mass is 330 g/mol. The molecular formula is C20H14N2O3. The maximum absolute atomic E-state index is 5.88. The predicted octanol–water partition coefficient (Wildman–Crippen LogP) is 4.69. The number of rotatable bonds is 1. The maximum Gasteiger partial charge on any atom is 0.231 e. The van der Waals surface area contributed by atoms with Crippen molar-refractivity contribution in [1.82, 2.24) is 9.97 Å². The summed E-state index contributed by atoms with van der Waals surface area (Å²) in [5.74, 6) is 2.42. The van der Waals surface area contributed by atoms with Crippen molar-refractivity contribution < 1.29 is 14.2 Å². The van der Waals surface area contributed by atoms with Gasteiger partial charge in [-0.25, -0.2) is 0 Å². The second-order valence-corrected chi connectivity index (χ2v) is 6.27. The zero-order chi connectivity index (χ0) is 16.5. The molecule has 0 bridgehead atoms. The van der Waals surface area contributed by atoms with Gasteiger partial charge in [0.2, 0.25) is 6.79 Å². The highest BCUT2D eigenvalue weighted by atomic mass is 16.7. The number of para-hydroxylation sites is 1. The van der Waals surface area contributed by atoms with Crippen LogP contribution in [0.15, 0.2) is 42.5 Å². The lowest BCUT2D eigenvalue weighted by Crippen LogP contribution is -1.93. The van der Waals surface area contributed by atoms with Crippen LogP contribution in [0, 0.1) is 0 Å². The van der Waals surface area contributed by atoms with E-state index in [2.05, 4.69) is 22.1 Å². The van der Waals surface area contributed by atoms with Gasteiger partial charge in [-0.2, -0.15) is 0 Å². The van der Waals surface area contributed by atoms with Crippen molar-refractivity contribution >= 4 is 43.6 Å². The molecule has 3 aromatic carbocycles. The fourth-order valence-corrected chi connectivity index (χ4v) is 3.94. The van der Waals surface area contributed by atoms with Crippen LogP contribution < -0.4 is 14.2 Å². The van der Waals surface area contributed by atoms with Crippen LogP contribution >= 0.6 is 0 Å². The minimum atomic E-state index is 0.236. The fraction of sp³-hybridized carbons (Fsp3) is 0.100. The Morgan fingerprint density at radius 1 is 0.840 bits per heavy atom. The first kappa shape index (κ1) is 13.0. The van der Waals surface area contributed by atoms with Gasteiger partial charge in [0.15, 0.2) is 11.5 Å². The van der Waals surface area contributed by atoms with E-state index in [1.807, 2.05) is 30.3 Å². The number of methoxy groups -OCH3 is 1. The number of aromatic nitrogens is 2. The lowest BCUT2D eigenvalue weighted by molar-refractivity contribution is 0.176. The third-order valence-electron chi connectivity index (χ3n) is 5.03. The van der Waals surface area contributed by atoms with Gasteiger partial charge in [-0.3, -0.25) is 0 Å². The number of nitrogens with one attached hydrogen (secondary N) is 2. The van der Waals surface area contributed by atoms with Crippen LogP contribution in [0.2, 0.25) is 0 Å². The van der Waals surface area contributed by atoms with E-state index in [1.165, 1.54) is 0 Å². The van der Waals surface area contributed by atoms with Crippen molar-refractivity contribution in [2.45, 2.75) is 0 Å². The molecule has 2 N–H and O–H groups in total. The second-order valence-electron chi connectivity index (χ2n) is 6.27. The molecule has 0 aliphatic carbocycles. The standard InChI is InChI=1S/C20H14N2O3/c1-23-10-6-7-14-12(8-10)16-18(22-14)17-15(19-20(16)25-9-24-19)11-4-2-3-5-13(11)21-17/h2-8,21-22H,9H2,1H3. The molecule has 1 aliphatic rings. The Bertz CT molecular complexity index is 1310. The van der Waals surface area contributed by atoms with Crippen molar-refractivity contribution in [2.24, 2.45) is 0 Å². The summed E-state index contributed by atoms with van der Waals surface area (Å²) in [6, 6.07) is 14.3. The van der Waals surface area contributed by atoms with Gasteiger partial charge in [-0.05, 0) is 24.3 Å². The molecule has 5 aromatic rings. The van der Waals surface area contributed by atoms with E-state index in [4.69, 9.17) is 14.2 Å². The minimum Gasteiger partial charge on any atom is -0.497 e. The lowest BCUT2D eigenvalue weighted by Gasteiger charge is -2.03. The first-order valence-electron chi connectivity index (χ1n) is 8.16. The van der Waals surface area contributed by atoms with Crippen LogP contribution in [0.1, 0.15) is 0 Å². The summed E-state index contributed by atoms with van der Waals surface area (Å²) in [5.41, 5.74) is 4.19. The van der Waals surface area contributed by atoms with Crippen molar-refractivity contribution in [2.75, 3.05) is 13.9 Å². The van der Waals surface area contributed by atoms with Gasteiger partial charge >= 0.3 is 0 Å². The first-order chi connectivity index (χ1) is 12.3. The molecule has 3 heterocycles. The van der Waals surface area contributed by atoms with Crippen LogP contribution in [-0.2, 0) is 0 Å². The SMILES string of the molecule is COc1ccc2[nH]c3c4[nH]c5ccccc5c4c4c(c3c2c1)OCO4. The van der Waals surface area contributed by atoms with E-state index in [0.717, 1.165) is 60.9 Å². The third-order valence-corrected chi connectivity index (χ3v) is 5.03. The lowest BCUT2D eigenvalue weighted by atomic mass is 10.1. The molecular weight excluding hydrogens is 316 g/mol. The summed E-state index contributed by atoms with van der Waals surface area (Å²) < 4.78 is 17.2. The largest absolute Gasteiger partial charge is 0.497 e. The zero-order valence-corrected chi connectivity index (χ0v) is 13.5. The third kappa shape index (κ3) is 1.53. The topological polar surface area (TPSA) is 59.3 Å². The number of hydrogen-bond acceptors (Lipinski definition) is 3. The summed E-state index contributed by atoms with van der Waals surface area (Å²) >= 11 is 0. The van der Waals surface area contributed by atoms with E-state index >= 15 is 0 Å². The van der Waals surface area contributed by atoms with Gasteiger partial charge in [-0.1, -0.05) is 18.2 Å². The van der Waals surface area contributed by atoms with Gasteiger partial charge in [0.05, 0.1) is 28.9 Å². The Hall–Kier alpha value is -3.34. The molecule has 2 aromatic heterocycles. The van der Waals surface area contributed by atoms with Gasteiger partial charge in [0, 0.05) is 21.8 Å². The van der Waals surface area contributed by atoms with Crippen molar-refractivity contribution in [3.8, 4) is 17.2 Å². The summed E-state index contributed by atoms with van der Waals surface area (Å²) in [4.78, 5) is 7.08. The molecule has 25 heavy (non-hydrogen) atoms. The van der Waals surface area contributed by atoms with E-state index in [1.54, 1.807) is 7.11 Å². The van der Waals surface area contributed by atoms with E-state index in [0.29, 0.717) is 0 Å². The number of aromatic amines is 2. The average molecular weight is 330 g/mol. The number of fused-ring (bicyclic) bond motifs is 10. The van der Waals surface area contributed by atoms with Crippen molar-refractivity contribution in [3.05, 3.63) is 42.5 Å². The van der Waals surface area contributed by atoms with Gasteiger partial charge in [0.25, 0.3) is 0 Å². The van der Waals surface area contributed by atoms with Crippen LogP contribution in [0.4, 0.5) is 0 Å². The number of ether oxygens (including phenoxy) is 3. The number of hydrogen-bond donors (Lipinski definition) is 2. The minimum absolute atomic E-state index is 0.236. The highest BCUT2D eigenvalue weighted by molar-refractivity contribution is 6.26. The number of H-pyrrole nitrogens is 2. The van der Waals surface area contributed by atoms with Crippen LogP contribution in [0.5, 0.6) is 17.2 Å². The number of benzene rings is 3. The van der Waals surface area contributed by atoms with Gasteiger partial charge < -0.3 is 24.2 Å². The van der Waals surface area contributed by atoms with Crippen LogP contribution in [0.3, 0.4) is 0 Å². The Labute approximate surface area is 142 Å². The van der Waals surface area contributed by atoms with E-state index < -0.39 is 0 Å². The van der Waals surface area contributed by atoms with E-state index in [9.17, 15) is 0 Å².